The van der Waals surface area contributed by atoms with Crippen LogP contribution in [0.5, 0.6) is 0 Å². The van der Waals surface area contributed by atoms with Crippen molar-refractivity contribution in [3.05, 3.63) is 71.0 Å². The fourth-order valence-electron chi connectivity index (χ4n) is 2.07. The summed E-state index contributed by atoms with van der Waals surface area (Å²) >= 11 is 0. The van der Waals surface area contributed by atoms with Gasteiger partial charge in [-0.2, -0.15) is 0 Å². The second-order valence-corrected chi connectivity index (χ2v) is 4.88. The first-order valence-electron chi connectivity index (χ1n) is 6.90. The first-order chi connectivity index (χ1) is 10.6. The molecule has 1 amide bonds. The lowest BCUT2D eigenvalue weighted by atomic mass is 10.1. The van der Waals surface area contributed by atoms with Crippen LogP contribution in [-0.4, -0.2) is 24.7 Å². The number of amides is 1. The zero-order valence-electron chi connectivity index (χ0n) is 12.3. The van der Waals surface area contributed by atoms with Crippen molar-refractivity contribution in [1.82, 2.24) is 5.32 Å². The Labute approximate surface area is 128 Å². The van der Waals surface area contributed by atoms with Gasteiger partial charge < -0.3 is 15.2 Å². The average molecular weight is 303 g/mol. The minimum absolute atomic E-state index is 0.0560. The van der Waals surface area contributed by atoms with Crippen molar-refractivity contribution >= 4 is 5.91 Å². The van der Waals surface area contributed by atoms with Crippen LogP contribution in [0.2, 0.25) is 0 Å². The third-order valence-electron chi connectivity index (χ3n) is 3.25. The van der Waals surface area contributed by atoms with Crippen molar-refractivity contribution in [3.63, 3.8) is 0 Å². The molecule has 0 aromatic heterocycles. The van der Waals surface area contributed by atoms with Gasteiger partial charge in [-0.3, -0.25) is 4.79 Å². The van der Waals surface area contributed by atoms with Crippen LogP contribution in [0.15, 0.2) is 48.5 Å². The predicted molar refractivity (Wildman–Crippen MR) is 80.8 cm³/mol. The molecule has 1 atom stereocenters. The lowest BCUT2D eigenvalue weighted by molar-refractivity contribution is 0.0914. The van der Waals surface area contributed by atoms with E-state index in [9.17, 15) is 14.3 Å². The van der Waals surface area contributed by atoms with Crippen LogP contribution in [0.25, 0.3) is 0 Å². The predicted octanol–water partition coefficient (Wildman–Crippen LogP) is 2.44. The molecule has 5 heteroatoms. The molecule has 0 spiro atoms. The van der Waals surface area contributed by atoms with E-state index in [2.05, 4.69) is 5.32 Å². The largest absolute Gasteiger partial charge is 0.386 e. The summed E-state index contributed by atoms with van der Waals surface area (Å²) in [5.74, 6) is -0.812. The summed E-state index contributed by atoms with van der Waals surface area (Å²) in [6.45, 7) is 0.424. The molecule has 0 aliphatic rings. The molecule has 0 fully saturated rings. The zero-order chi connectivity index (χ0) is 15.9. The fourth-order valence-corrected chi connectivity index (χ4v) is 2.07. The lowest BCUT2D eigenvalue weighted by Gasteiger charge is -2.13. The third kappa shape index (κ3) is 4.13. The van der Waals surface area contributed by atoms with Crippen LogP contribution in [0.4, 0.5) is 4.39 Å². The number of benzene rings is 2. The van der Waals surface area contributed by atoms with Gasteiger partial charge in [0.1, 0.15) is 5.82 Å². The number of carbonyl (C=O) groups is 1. The average Bonchev–Trinajstić information content (AvgIpc) is 2.54. The highest BCUT2D eigenvalue weighted by Gasteiger charge is 2.14. The van der Waals surface area contributed by atoms with Gasteiger partial charge in [-0.1, -0.05) is 30.3 Å². The molecule has 0 heterocycles. The van der Waals surface area contributed by atoms with E-state index in [1.165, 1.54) is 12.1 Å². The maximum Gasteiger partial charge on any atom is 0.251 e. The van der Waals surface area contributed by atoms with E-state index in [4.69, 9.17) is 4.74 Å². The topological polar surface area (TPSA) is 58.6 Å². The Balaban J connectivity index is 1.93. The third-order valence-corrected chi connectivity index (χ3v) is 3.25. The summed E-state index contributed by atoms with van der Waals surface area (Å²) in [7, 11) is 1.60. The Bertz CT molecular complexity index is 628. The molecule has 0 bridgehead atoms. The summed E-state index contributed by atoms with van der Waals surface area (Å²) in [5, 5.41) is 12.5. The highest BCUT2D eigenvalue weighted by Crippen LogP contribution is 2.15. The van der Waals surface area contributed by atoms with Crippen molar-refractivity contribution in [2.45, 2.75) is 12.7 Å². The number of methoxy groups -OCH3 is 1. The number of nitrogens with one attached hydrogen (secondary N) is 1. The Morgan fingerprint density at radius 3 is 2.55 bits per heavy atom. The molecule has 2 aromatic carbocycles. The minimum Gasteiger partial charge on any atom is -0.386 e. The van der Waals surface area contributed by atoms with Gasteiger partial charge in [-0.05, 0) is 23.8 Å². The van der Waals surface area contributed by atoms with Gasteiger partial charge in [0.2, 0.25) is 0 Å². The molecule has 22 heavy (non-hydrogen) atoms. The van der Waals surface area contributed by atoms with Crippen LogP contribution < -0.4 is 5.32 Å². The summed E-state index contributed by atoms with van der Waals surface area (Å²) < 4.78 is 18.5. The standard InChI is InChI=1S/C17H18FNO3/c1-22-11-12-6-8-13(9-7-12)17(21)19-10-16(20)14-4-2-3-5-15(14)18/h2-9,16,20H,10-11H2,1H3,(H,19,21). The van der Waals surface area contributed by atoms with Crippen LogP contribution in [-0.2, 0) is 11.3 Å². The first-order valence-corrected chi connectivity index (χ1v) is 6.90. The number of hydrogen-bond donors (Lipinski definition) is 2. The highest BCUT2D eigenvalue weighted by atomic mass is 19.1. The molecule has 2 N–H and O–H groups in total. The monoisotopic (exact) mass is 303 g/mol. The Morgan fingerprint density at radius 1 is 1.23 bits per heavy atom. The molecule has 2 rings (SSSR count). The fraction of sp³-hybridized carbons (Fsp3) is 0.235. The van der Waals surface area contributed by atoms with Crippen molar-refractivity contribution in [1.29, 1.82) is 0 Å². The normalized spacial score (nSPS) is 12.0. The summed E-state index contributed by atoms with van der Waals surface area (Å²) in [4.78, 5) is 12.0. The second kappa shape index (κ2) is 7.68. The quantitative estimate of drug-likeness (QED) is 0.861. The SMILES string of the molecule is COCc1ccc(C(=O)NCC(O)c2ccccc2F)cc1. The number of carbonyl (C=O) groups excluding carboxylic acids is 1. The van der Waals surface area contributed by atoms with Crippen LogP contribution >= 0.6 is 0 Å². The summed E-state index contributed by atoms with van der Waals surface area (Å²) in [6, 6.07) is 12.9. The van der Waals surface area contributed by atoms with Gasteiger partial charge in [0.15, 0.2) is 0 Å². The molecule has 0 saturated heterocycles. The number of hydrogen-bond acceptors (Lipinski definition) is 3. The highest BCUT2D eigenvalue weighted by molar-refractivity contribution is 5.94. The Kier molecular flexibility index (Phi) is 5.63. The van der Waals surface area contributed by atoms with Gasteiger partial charge in [0, 0.05) is 24.8 Å². The minimum atomic E-state index is -1.09. The zero-order valence-corrected chi connectivity index (χ0v) is 12.3. The number of aliphatic hydroxyl groups is 1. The summed E-state index contributed by atoms with van der Waals surface area (Å²) in [6.07, 6.45) is -1.09. The van der Waals surface area contributed by atoms with E-state index in [1.54, 1.807) is 43.5 Å². The molecule has 0 aliphatic heterocycles. The van der Waals surface area contributed by atoms with Crippen molar-refractivity contribution in [3.8, 4) is 0 Å². The Morgan fingerprint density at radius 2 is 1.91 bits per heavy atom. The number of halogens is 1. The van der Waals surface area contributed by atoms with Crippen molar-refractivity contribution in [2.24, 2.45) is 0 Å². The molecule has 1 unspecified atom stereocenters. The van der Waals surface area contributed by atoms with E-state index in [0.29, 0.717) is 12.2 Å². The van der Waals surface area contributed by atoms with Crippen LogP contribution in [0, 0.1) is 5.82 Å². The molecule has 4 nitrogen and oxygen atoms in total. The molecule has 0 radical (unpaired) electrons. The van der Waals surface area contributed by atoms with Crippen LogP contribution in [0.1, 0.15) is 27.6 Å². The number of aliphatic hydroxyl groups excluding tert-OH is 1. The van der Waals surface area contributed by atoms with E-state index < -0.39 is 11.9 Å². The molecular formula is C17H18FNO3. The molecular weight excluding hydrogens is 285 g/mol. The van der Waals surface area contributed by atoms with E-state index in [0.717, 1.165) is 5.56 Å². The molecule has 0 aliphatic carbocycles. The maximum absolute atomic E-state index is 13.5. The lowest BCUT2D eigenvalue weighted by Crippen LogP contribution is -2.28. The molecule has 116 valence electrons. The van der Waals surface area contributed by atoms with Gasteiger partial charge in [-0.25, -0.2) is 4.39 Å². The van der Waals surface area contributed by atoms with Gasteiger partial charge >= 0.3 is 0 Å². The van der Waals surface area contributed by atoms with Gasteiger partial charge in [0.25, 0.3) is 5.91 Å². The second-order valence-electron chi connectivity index (χ2n) is 4.88. The van der Waals surface area contributed by atoms with Gasteiger partial charge in [0.05, 0.1) is 12.7 Å². The van der Waals surface area contributed by atoms with E-state index >= 15 is 0 Å². The Hall–Kier alpha value is -2.24. The number of ether oxygens (including phenoxy) is 1. The van der Waals surface area contributed by atoms with Crippen LogP contribution in [0.3, 0.4) is 0 Å². The molecule has 0 saturated carbocycles. The summed E-state index contributed by atoms with van der Waals surface area (Å²) in [5.41, 5.74) is 1.60. The smallest absolute Gasteiger partial charge is 0.251 e. The molecule has 2 aromatic rings. The first kappa shape index (κ1) is 16.1. The van der Waals surface area contributed by atoms with E-state index in [-0.39, 0.29) is 18.0 Å². The maximum atomic E-state index is 13.5. The van der Waals surface area contributed by atoms with E-state index in [1.807, 2.05) is 0 Å². The number of rotatable bonds is 6. The van der Waals surface area contributed by atoms with Gasteiger partial charge in [-0.15, -0.1) is 0 Å². The van der Waals surface area contributed by atoms with Crippen molar-refractivity contribution in [2.75, 3.05) is 13.7 Å². The van der Waals surface area contributed by atoms with Crippen molar-refractivity contribution < 1.29 is 19.0 Å².